The maximum absolute atomic E-state index is 11.2. The highest BCUT2D eigenvalue weighted by molar-refractivity contribution is 9.11. The molecule has 0 bridgehead atoms. The number of carbonyl (C=O) groups excluding carboxylic acids is 1. The fourth-order valence-electron chi connectivity index (χ4n) is 1.33. The molecule has 1 amide bonds. The molecule has 1 rings (SSSR count). The number of hydrogen-bond acceptors (Lipinski definition) is 3. The lowest BCUT2D eigenvalue weighted by Crippen LogP contribution is -2.40. The number of phenolic OH excluding ortho intramolecular Hbond substituents is 1. The topological polar surface area (TPSA) is 75.3 Å². The minimum Gasteiger partial charge on any atom is -0.506 e. The molecule has 0 aliphatic rings. The molecular formula is C12H16Br2N2O2. The lowest BCUT2D eigenvalue weighted by molar-refractivity contribution is -0.125. The SMILES string of the molecule is CC(C)(CNCc1cc(Br)c(O)c(Br)c1)C(N)=O. The molecule has 6 heteroatoms. The fourth-order valence-corrected chi connectivity index (χ4v) is 2.61. The van der Waals surface area contributed by atoms with Crippen LogP contribution in [0.15, 0.2) is 21.1 Å². The van der Waals surface area contributed by atoms with E-state index in [1.165, 1.54) is 0 Å². The minimum absolute atomic E-state index is 0.177. The zero-order valence-corrected chi connectivity index (χ0v) is 13.4. The van der Waals surface area contributed by atoms with Gasteiger partial charge in [-0.25, -0.2) is 0 Å². The van der Waals surface area contributed by atoms with E-state index in [9.17, 15) is 9.90 Å². The minimum atomic E-state index is -0.578. The van der Waals surface area contributed by atoms with Crippen molar-refractivity contribution in [1.82, 2.24) is 5.32 Å². The van der Waals surface area contributed by atoms with Crippen LogP contribution < -0.4 is 11.1 Å². The third kappa shape index (κ3) is 3.96. The van der Waals surface area contributed by atoms with Gasteiger partial charge in [0.1, 0.15) is 5.75 Å². The summed E-state index contributed by atoms with van der Waals surface area (Å²) in [4.78, 5) is 11.2. The Morgan fingerprint density at radius 2 is 1.89 bits per heavy atom. The molecule has 0 radical (unpaired) electrons. The van der Waals surface area contributed by atoms with Crippen molar-refractivity contribution in [1.29, 1.82) is 0 Å². The van der Waals surface area contributed by atoms with Crippen molar-refractivity contribution >= 4 is 37.8 Å². The van der Waals surface area contributed by atoms with Gasteiger partial charge in [0.2, 0.25) is 5.91 Å². The highest BCUT2D eigenvalue weighted by atomic mass is 79.9. The van der Waals surface area contributed by atoms with Gasteiger partial charge < -0.3 is 16.2 Å². The molecule has 0 unspecified atom stereocenters. The van der Waals surface area contributed by atoms with Crippen LogP contribution in [0.5, 0.6) is 5.75 Å². The molecule has 4 nitrogen and oxygen atoms in total. The molecule has 0 fully saturated rings. The van der Waals surface area contributed by atoms with Crippen molar-refractivity contribution in [2.75, 3.05) is 6.54 Å². The quantitative estimate of drug-likeness (QED) is 0.735. The van der Waals surface area contributed by atoms with E-state index in [1.54, 1.807) is 13.8 Å². The summed E-state index contributed by atoms with van der Waals surface area (Å²) in [7, 11) is 0. The van der Waals surface area contributed by atoms with E-state index in [-0.39, 0.29) is 11.7 Å². The van der Waals surface area contributed by atoms with Crippen LogP contribution in [-0.4, -0.2) is 17.6 Å². The Bertz CT molecular complexity index is 438. The van der Waals surface area contributed by atoms with Crippen molar-refractivity contribution < 1.29 is 9.90 Å². The largest absolute Gasteiger partial charge is 0.506 e. The summed E-state index contributed by atoms with van der Waals surface area (Å²) in [5.74, 6) is -0.153. The van der Waals surface area contributed by atoms with Gasteiger partial charge in [-0.3, -0.25) is 4.79 Å². The highest BCUT2D eigenvalue weighted by Gasteiger charge is 2.24. The van der Waals surface area contributed by atoms with Crippen LogP contribution >= 0.6 is 31.9 Å². The van der Waals surface area contributed by atoms with E-state index in [0.29, 0.717) is 22.0 Å². The first-order chi connectivity index (χ1) is 8.24. The van der Waals surface area contributed by atoms with Crippen molar-refractivity contribution in [3.05, 3.63) is 26.6 Å². The standard InChI is InChI=1S/C12H16Br2N2O2/c1-12(2,11(15)18)6-16-5-7-3-8(13)10(17)9(14)4-7/h3-4,16-17H,5-6H2,1-2H3,(H2,15,18). The van der Waals surface area contributed by atoms with Gasteiger partial charge in [0.15, 0.2) is 0 Å². The number of aromatic hydroxyl groups is 1. The first kappa shape index (κ1) is 15.5. The molecule has 0 aliphatic heterocycles. The predicted octanol–water partition coefficient (Wildman–Crippen LogP) is 2.52. The lowest BCUT2D eigenvalue weighted by atomic mass is 9.93. The zero-order chi connectivity index (χ0) is 13.9. The molecule has 0 saturated heterocycles. The average Bonchev–Trinajstić information content (AvgIpc) is 2.25. The van der Waals surface area contributed by atoms with Gasteiger partial charge in [0.05, 0.1) is 14.4 Å². The maximum Gasteiger partial charge on any atom is 0.224 e. The summed E-state index contributed by atoms with van der Waals surface area (Å²) in [6, 6.07) is 3.65. The Hall–Kier alpha value is -0.590. The molecule has 0 heterocycles. The summed E-state index contributed by atoms with van der Waals surface area (Å²) in [6.45, 7) is 4.68. The second-order valence-corrected chi connectivity index (χ2v) is 6.47. The van der Waals surface area contributed by atoms with E-state index >= 15 is 0 Å². The molecule has 0 atom stereocenters. The smallest absolute Gasteiger partial charge is 0.224 e. The highest BCUT2D eigenvalue weighted by Crippen LogP contribution is 2.33. The number of benzene rings is 1. The van der Waals surface area contributed by atoms with Crippen LogP contribution in [0.4, 0.5) is 0 Å². The van der Waals surface area contributed by atoms with Crippen LogP contribution in [-0.2, 0) is 11.3 Å². The first-order valence-electron chi connectivity index (χ1n) is 5.41. The van der Waals surface area contributed by atoms with E-state index in [0.717, 1.165) is 5.56 Å². The molecule has 18 heavy (non-hydrogen) atoms. The van der Waals surface area contributed by atoms with Crippen LogP contribution in [0.3, 0.4) is 0 Å². The maximum atomic E-state index is 11.2. The third-order valence-electron chi connectivity index (χ3n) is 2.64. The Kier molecular flexibility index (Phi) is 5.19. The third-order valence-corrected chi connectivity index (χ3v) is 3.85. The second kappa shape index (κ2) is 6.04. The molecule has 0 saturated carbocycles. The Labute approximate surface area is 123 Å². The number of halogens is 2. The summed E-state index contributed by atoms with van der Waals surface area (Å²) < 4.78 is 1.26. The zero-order valence-electron chi connectivity index (χ0n) is 10.3. The molecule has 1 aromatic carbocycles. The molecule has 0 aromatic heterocycles. The normalized spacial score (nSPS) is 11.6. The first-order valence-corrected chi connectivity index (χ1v) is 7.00. The molecule has 1 aromatic rings. The van der Waals surface area contributed by atoms with Crippen LogP contribution in [0.2, 0.25) is 0 Å². The molecular weight excluding hydrogens is 364 g/mol. The van der Waals surface area contributed by atoms with Crippen LogP contribution in [0.25, 0.3) is 0 Å². The summed E-state index contributed by atoms with van der Waals surface area (Å²) >= 11 is 6.54. The predicted molar refractivity (Wildman–Crippen MR) is 78.2 cm³/mol. The van der Waals surface area contributed by atoms with E-state index in [1.807, 2.05) is 12.1 Å². The number of phenols is 1. The molecule has 0 aliphatic carbocycles. The fraction of sp³-hybridized carbons (Fsp3) is 0.417. The summed E-state index contributed by atoms with van der Waals surface area (Å²) in [6.07, 6.45) is 0. The van der Waals surface area contributed by atoms with Crippen LogP contribution in [0.1, 0.15) is 19.4 Å². The number of amides is 1. The van der Waals surface area contributed by atoms with Crippen molar-refractivity contribution in [2.45, 2.75) is 20.4 Å². The van der Waals surface area contributed by atoms with Crippen LogP contribution in [0, 0.1) is 5.41 Å². The second-order valence-electron chi connectivity index (χ2n) is 4.76. The van der Waals surface area contributed by atoms with E-state index in [2.05, 4.69) is 37.2 Å². The monoisotopic (exact) mass is 378 g/mol. The van der Waals surface area contributed by atoms with Gasteiger partial charge in [-0.2, -0.15) is 0 Å². The number of rotatable bonds is 5. The van der Waals surface area contributed by atoms with Gasteiger partial charge in [-0.05, 0) is 63.4 Å². The number of carbonyl (C=O) groups is 1. The Morgan fingerprint density at radius 1 is 1.39 bits per heavy atom. The molecule has 100 valence electrons. The Balaban J connectivity index is 2.63. The van der Waals surface area contributed by atoms with E-state index in [4.69, 9.17) is 5.73 Å². The van der Waals surface area contributed by atoms with Gasteiger partial charge in [-0.1, -0.05) is 0 Å². The van der Waals surface area contributed by atoms with Crippen molar-refractivity contribution in [2.24, 2.45) is 11.1 Å². The Morgan fingerprint density at radius 3 is 2.33 bits per heavy atom. The number of hydrogen-bond donors (Lipinski definition) is 3. The average molecular weight is 380 g/mol. The molecule has 0 spiro atoms. The van der Waals surface area contributed by atoms with Gasteiger partial charge in [0.25, 0.3) is 0 Å². The summed E-state index contributed by atoms with van der Waals surface area (Å²) in [5, 5.41) is 12.8. The number of primary amides is 1. The number of nitrogens with one attached hydrogen (secondary N) is 1. The van der Waals surface area contributed by atoms with E-state index < -0.39 is 5.41 Å². The molecule has 4 N–H and O–H groups in total. The summed E-state index contributed by atoms with van der Waals surface area (Å²) in [5.41, 5.74) is 5.71. The van der Waals surface area contributed by atoms with Gasteiger partial charge in [-0.15, -0.1) is 0 Å². The van der Waals surface area contributed by atoms with Crippen molar-refractivity contribution in [3.63, 3.8) is 0 Å². The van der Waals surface area contributed by atoms with Gasteiger partial charge >= 0.3 is 0 Å². The van der Waals surface area contributed by atoms with Crippen molar-refractivity contribution in [3.8, 4) is 5.75 Å². The lowest BCUT2D eigenvalue weighted by Gasteiger charge is -2.20. The number of nitrogens with two attached hydrogens (primary N) is 1. The van der Waals surface area contributed by atoms with Gasteiger partial charge in [0, 0.05) is 13.1 Å².